The molecule has 0 fully saturated rings. The van der Waals surface area contributed by atoms with Gasteiger partial charge >= 0.3 is 0 Å². The summed E-state index contributed by atoms with van der Waals surface area (Å²) >= 11 is 0. The van der Waals surface area contributed by atoms with Gasteiger partial charge in [-0.1, -0.05) is 6.92 Å². The van der Waals surface area contributed by atoms with Crippen LogP contribution < -0.4 is 0 Å². The van der Waals surface area contributed by atoms with Gasteiger partial charge in [0.1, 0.15) is 6.54 Å². The molecule has 0 saturated carbocycles. The highest BCUT2D eigenvalue weighted by atomic mass is 35.5. The van der Waals surface area contributed by atoms with Crippen LogP contribution >= 0.6 is 12.4 Å². The van der Waals surface area contributed by atoms with Gasteiger partial charge < -0.3 is 9.59 Å². The second-order valence-corrected chi connectivity index (χ2v) is 3.81. The monoisotopic (exact) mass is 196 g/mol. The van der Waals surface area contributed by atoms with E-state index in [0.29, 0.717) is 17.4 Å². The number of halogens is 1. The van der Waals surface area contributed by atoms with Crippen molar-refractivity contribution < 1.29 is 14.4 Å². The zero-order chi connectivity index (χ0) is 9.07. The van der Waals surface area contributed by atoms with Gasteiger partial charge in [-0.2, -0.15) is 0 Å². The van der Waals surface area contributed by atoms with Crippen molar-refractivity contribution >= 4 is 18.2 Å². The van der Waals surface area contributed by atoms with Crippen LogP contribution in [-0.2, 0) is 4.79 Å². The molecule has 0 bridgehead atoms. The fourth-order valence-electron chi connectivity index (χ4n) is 0.856. The van der Waals surface area contributed by atoms with Gasteiger partial charge in [-0.3, -0.25) is 4.79 Å². The fraction of sp³-hybridized carbons (Fsp3) is 0.875. The summed E-state index contributed by atoms with van der Waals surface area (Å²) in [6.07, 6.45) is -0.374. The van der Waals surface area contributed by atoms with Crippen LogP contribution in [0, 0.1) is 0 Å². The molecule has 0 aromatic heterocycles. The van der Waals surface area contributed by atoms with E-state index in [1.165, 1.54) is 0 Å². The molecule has 4 heteroatoms. The molecule has 74 valence electrons. The van der Waals surface area contributed by atoms with Gasteiger partial charge in [0, 0.05) is 6.42 Å². The normalized spacial score (nSPS) is 13.4. The van der Waals surface area contributed by atoms with E-state index < -0.39 is 6.10 Å². The first-order valence-corrected chi connectivity index (χ1v) is 3.88. The molecule has 0 spiro atoms. The van der Waals surface area contributed by atoms with Crippen molar-refractivity contribution in [2.75, 3.05) is 27.7 Å². The number of rotatable bonds is 4. The summed E-state index contributed by atoms with van der Waals surface area (Å²) in [6, 6.07) is 0. The second-order valence-electron chi connectivity index (χ2n) is 3.81. The number of likely N-dealkylation sites (N-methyl/N-ethyl adjacent to an activating group) is 1. The molecule has 0 amide bonds. The van der Waals surface area contributed by atoms with E-state index >= 15 is 0 Å². The molecule has 0 aliphatic rings. The van der Waals surface area contributed by atoms with Crippen molar-refractivity contribution in [3.05, 3.63) is 0 Å². The number of quaternary nitrogens is 1. The molecule has 0 saturated heterocycles. The predicted octanol–water partition coefficient (Wildman–Crippen LogP) is 0.454. The highest BCUT2D eigenvalue weighted by Gasteiger charge is 2.20. The minimum absolute atomic E-state index is 0. The summed E-state index contributed by atoms with van der Waals surface area (Å²) in [5, 5.41) is 9.29. The molecular formula is C8H19ClNO2+. The van der Waals surface area contributed by atoms with Crippen LogP contribution in [0.3, 0.4) is 0 Å². The number of nitrogens with zero attached hydrogens (tertiary/aromatic N) is 1. The first-order valence-electron chi connectivity index (χ1n) is 3.88. The summed E-state index contributed by atoms with van der Waals surface area (Å²) in [6.45, 7) is 2.26. The van der Waals surface area contributed by atoms with Gasteiger partial charge in [0.2, 0.25) is 0 Å². The van der Waals surface area contributed by atoms with Crippen LogP contribution in [-0.4, -0.2) is 49.2 Å². The molecule has 0 aliphatic carbocycles. The van der Waals surface area contributed by atoms with Gasteiger partial charge in [-0.15, -0.1) is 12.4 Å². The van der Waals surface area contributed by atoms with E-state index in [4.69, 9.17) is 0 Å². The Bertz CT molecular complexity index is 142. The van der Waals surface area contributed by atoms with E-state index in [0.717, 1.165) is 0 Å². The molecule has 0 rings (SSSR count). The minimum Gasteiger partial charge on any atom is -0.380 e. The smallest absolute Gasteiger partial charge is 0.166 e. The van der Waals surface area contributed by atoms with Gasteiger partial charge in [0.05, 0.1) is 21.1 Å². The first-order chi connectivity index (χ1) is 4.87. The van der Waals surface area contributed by atoms with Gasteiger partial charge in [0.25, 0.3) is 0 Å². The molecule has 0 aromatic rings. The summed E-state index contributed by atoms with van der Waals surface area (Å²) in [4.78, 5) is 10.9. The maximum Gasteiger partial charge on any atom is 0.166 e. The average Bonchev–Trinajstić information content (AvgIpc) is 1.82. The lowest BCUT2D eigenvalue weighted by molar-refractivity contribution is -0.872. The summed E-state index contributed by atoms with van der Waals surface area (Å²) in [7, 11) is 5.85. The Labute approximate surface area is 80.4 Å². The Kier molecular flexibility index (Phi) is 6.62. The van der Waals surface area contributed by atoms with Crippen LogP contribution in [0.25, 0.3) is 0 Å². The number of aliphatic hydroxyl groups is 1. The number of Topliss-reactive ketones (excluding diaryl/α,β-unsaturated/α-hetero) is 1. The van der Waals surface area contributed by atoms with Crippen LogP contribution in [0.1, 0.15) is 13.3 Å². The molecule has 3 nitrogen and oxygen atoms in total. The lowest BCUT2D eigenvalue weighted by atomic mass is 10.2. The highest BCUT2D eigenvalue weighted by molar-refractivity contribution is 5.85. The van der Waals surface area contributed by atoms with Crippen LogP contribution in [0.5, 0.6) is 0 Å². The van der Waals surface area contributed by atoms with E-state index in [9.17, 15) is 9.90 Å². The standard InChI is InChI=1S/C8H18NO2.ClH/c1-5-7(10)8(11)6-9(2,3)4;/h8,11H,5-6H2,1-4H3;1H/q+1;. The highest BCUT2D eigenvalue weighted by Crippen LogP contribution is 1.97. The number of hydrogen-bond donors (Lipinski definition) is 1. The van der Waals surface area contributed by atoms with E-state index in [1.807, 2.05) is 21.1 Å². The van der Waals surface area contributed by atoms with Gasteiger partial charge in [-0.05, 0) is 0 Å². The van der Waals surface area contributed by atoms with Crippen LogP contribution in [0.4, 0.5) is 0 Å². The largest absolute Gasteiger partial charge is 0.380 e. The Morgan fingerprint density at radius 3 is 2.08 bits per heavy atom. The molecule has 1 N–H and O–H groups in total. The van der Waals surface area contributed by atoms with Crippen molar-refractivity contribution in [2.45, 2.75) is 19.4 Å². The van der Waals surface area contributed by atoms with Crippen LogP contribution in [0.2, 0.25) is 0 Å². The SMILES string of the molecule is CCC(=O)C(O)C[N+](C)(C)C.Cl. The Morgan fingerprint density at radius 2 is 1.83 bits per heavy atom. The molecule has 12 heavy (non-hydrogen) atoms. The Balaban J connectivity index is 0. The number of ketones is 1. The number of carbonyl (C=O) groups is 1. The number of aliphatic hydroxyl groups excluding tert-OH is 1. The third-order valence-electron chi connectivity index (χ3n) is 1.44. The zero-order valence-corrected chi connectivity index (χ0v) is 9.02. The topological polar surface area (TPSA) is 37.3 Å². The quantitative estimate of drug-likeness (QED) is 0.664. The Hall–Kier alpha value is -0.120. The minimum atomic E-state index is -0.792. The molecule has 0 aromatic carbocycles. The summed E-state index contributed by atoms with van der Waals surface area (Å²) in [5.74, 6) is -0.0712. The second kappa shape index (κ2) is 5.51. The molecule has 1 unspecified atom stereocenters. The predicted molar refractivity (Wildman–Crippen MR) is 51.5 cm³/mol. The van der Waals surface area contributed by atoms with Crippen molar-refractivity contribution in [3.63, 3.8) is 0 Å². The molecule has 1 atom stereocenters. The summed E-state index contributed by atoms with van der Waals surface area (Å²) in [5.41, 5.74) is 0. The molecule has 0 heterocycles. The van der Waals surface area contributed by atoms with Crippen molar-refractivity contribution in [1.82, 2.24) is 0 Å². The zero-order valence-electron chi connectivity index (χ0n) is 8.20. The van der Waals surface area contributed by atoms with Crippen molar-refractivity contribution in [3.8, 4) is 0 Å². The molecule has 0 aliphatic heterocycles. The van der Waals surface area contributed by atoms with Gasteiger partial charge in [-0.25, -0.2) is 0 Å². The third kappa shape index (κ3) is 6.58. The van der Waals surface area contributed by atoms with E-state index in [2.05, 4.69) is 0 Å². The Morgan fingerprint density at radius 1 is 1.42 bits per heavy atom. The fourth-order valence-corrected chi connectivity index (χ4v) is 0.856. The lowest BCUT2D eigenvalue weighted by Gasteiger charge is -2.25. The number of hydrogen-bond acceptors (Lipinski definition) is 2. The van der Waals surface area contributed by atoms with Crippen molar-refractivity contribution in [2.24, 2.45) is 0 Å². The average molecular weight is 197 g/mol. The maximum atomic E-state index is 10.9. The van der Waals surface area contributed by atoms with Gasteiger partial charge in [0.15, 0.2) is 11.9 Å². The van der Waals surface area contributed by atoms with Crippen LogP contribution in [0.15, 0.2) is 0 Å². The third-order valence-corrected chi connectivity index (χ3v) is 1.44. The number of carbonyl (C=O) groups excluding carboxylic acids is 1. The van der Waals surface area contributed by atoms with E-state index in [-0.39, 0.29) is 18.2 Å². The van der Waals surface area contributed by atoms with E-state index in [1.54, 1.807) is 6.92 Å². The maximum absolute atomic E-state index is 10.9. The summed E-state index contributed by atoms with van der Waals surface area (Å²) < 4.78 is 0.618. The van der Waals surface area contributed by atoms with Crippen molar-refractivity contribution in [1.29, 1.82) is 0 Å². The lowest BCUT2D eigenvalue weighted by Crippen LogP contribution is -2.44. The first kappa shape index (κ1) is 14.4. The molecule has 0 radical (unpaired) electrons. The molecular weight excluding hydrogens is 178 g/mol.